The Morgan fingerprint density at radius 1 is 1.44 bits per heavy atom. The molecule has 4 heterocycles. The van der Waals surface area contributed by atoms with Crippen LogP contribution in [0, 0.1) is 0 Å². The van der Waals surface area contributed by atoms with E-state index in [1.54, 1.807) is 22.7 Å². The molecule has 3 N–H and O–H groups in total. The normalized spacial score (nSPS) is 20.9. The van der Waals surface area contributed by atoms with Crippen molar-refractivity contribution in [1.29, 1.82) is 0 Å². The van der Waals surface area contributed by atoms with Crippen molar-refractivity contribution in [2.24, 2.45) is 5.73 Å². The summed E-state index contributed by atoms with van der Waals surface area (Å²) in [6.45, 7) is 2.03. The molecule has 0 radical (unpaired) electrons. The summed E-state index contributed by atoms with van der Waals surface area (Å²) in [4.78, 5) is 11.3. The predicted molar refractivity (Wildman–Crippen MR) is 108 cm³/mol. The summed E-state index contributed by atoms with van der Waals surface area (Å²) < 4.78 is 7.45. The molecular formula is C16H16BrClN4OS2. The van der Waals surface area contributed by atoms with Crippen LogP contribution < -0.4 is 11.1 Å². The zero-order valence-corrected chi connectivity index (χ0v) is 17.1. The highest BCUT2D eigenvalue weighted by Crippen LogP contribution is 2.44. The van der Waals surface area contributed by atoms with Gasteiger partial charge in [0.05, 0.1) is 22.3 Å². The molecule has 3 aromatic heterocycles. The fourth-order valence-electron chi connectivity index (χ4n) is 2.97. The number of aromatic nitrogens is 2. The van der Waals surface area contributed by atoms with Gasteiger partial charge in [-0.2, -0.15) is 4.98 Å². The molecule has 0 amide bonds. The van der Waals surface area contributed by atoms with Crippen molar-refractivity contribution in [3.05, 3.63) is 37.0 Å². The number of rotatable bonds is 4. The Labute approximate surface area is 166 Å². The zero-order chi connectivity index (χ0) is 17.4. The first-order chi connectivity index (χ1) is 12.1. The maximum absolute atomic E-state index is 6.28. The van der Waals surface area contributed by atoms with Crippen LogP contribution in [0.1, 0.15) is 22.1 Å². The Morgan fingerprint density at radius 3 is 3.08 bits per heavy atom. The number of nitrogens with two attached hydrogens (primary N) is 1. The van der Waals surface area contributed by atoms with Gasteiger partial charge in [-0.15, -0.1) is 22.7 Å². The Balaban J connectivity index is 1.72. The lowest BCUT2D eigenvalue weighted by Gasteiger charge is -2.28. The average molecular weight is 460 g/mol. The van der Waals surface area contributed by atoms with E-state index in [0.717, 1.165) is 33.5 Å². The van der Waals surface area contributed by atoms with Crippen molar-refractivity contribution < 1.29 is 4.74 Å². The number of halogens is 2. The molecule has 1 saturated heterocycles. The van der Waals surface area contributed by atoms with E-state index in [0.29, 0.717) is 13.2 Å². The van der Waals surface area contributed by atoms with Gasteiger partial charge in [0.1, 0.15) is 11.3 Å². The summed E-state index contributed by atoms with van der Waals surface area (Å²) >= 11 is 13.3. The monoisotopic (exact) mass is 458 g/mol. The van der Waals surface area contributed by atoms with E-state index in [4.69, 9.17) is 22.1 Å². The maximum Gasteiger partial charge on any atom is 0.225 e. The van der Waals surface area contributed by atoms with Crippen LogP contribution in [0.3, 0.4) is 0 Å². The number of anilines is 1. The van der Waals surface area contributed by atoms with Crippen molar-refractivity contribution in [2.45, 2.75) is 24.9 Å². The molecule has 1 aliphatic rings. The van der Waals surface area contributed by atoms with Gasteiger partial charge in [-0.1, -0.05) is 6.07 Å². The Bertz CT molecular complexity index is 886. The van der Waals surface area contributed by atoms with Gasteiger partial charge in [0.25, 0.3) is 0 Å². The number of nitrogens with one attached hydrogen (secondary N) is 1. The summed E-state index contributed by atoms with van der Waals surface area (Å²) in [7, 11) is 0. The third-order valence-electron chi connectivity index (χ3n) is 4.22. The molecule has 2 atom stereocenters. The van der Waals surface area contributed by atoms with E-state index >= 15 is 0 Å². The lowest BCUT2D eigenvalue weighted by molar-refractivity contribution is 0.0702. The van der Waals surface area contributed by atoms with Crippen molar-refractivity contribution in [2.75, 3.05) is 18.5 Å². The largest absolute Gasteiger partial charge is 0.380 e. The van der Waals surface area contributed by atoms with Gasteiger partial charge in [0.2, 0.25) is 5.28 Å². The minimum atomic E-state index is -0.0101. The first kappa shape index (κ1) is 17.6. The maximum atomic E-state index is 6.28. The second kappa shape index (κ2) is 7.46. The van der Waals surface area contributed by atoms with Gasteiger partial charge in [-0.25, -0.2) is 4.98 Å². The van der Waals surface area contributed by atoms with Gasteiger partial charge in [0.15, 0.2) is 0 Å². The first-order valence-corrected chi connectivity index (χ1v) is 10.7. The number of nitrogens with zero attached hydrogens (tertiary/aromatic N) is 2. The lowest BCUT2D eigenvalue weighted by Crippen LogP contribution is -2.37. The van der Waals surface area contributed by atoms with E-state index in [1.165, 1.54) is 9.75 Å². The smallest absolute Gasteiger partial charge is 0.225 e. The number of ether oxygens (including phenoxy) is 1. The summed E-state index contributed by atoms with van der Waals surface area (Å²) in [5.74, 6) is 1.02. The molecule has 9 heteroatoms. The Hall–Kier alpha value is -0.770. The topological polar surface area (TPSA) is 73.1 Å². The highest BCUT2D eigenvalue weighted by Gasteiger charge is 2.29. The van der Waals surface area contributed by atoms with Crippen LogP contribution in [-0.4, -0.2) is 29.2 Å². The molecule has 0 aromatic carbocycles. The highest BCUT2D eigenvalue weighted by molar-refractivity contribution is 9.10. The Morgan fingerprint density at radius 2 is 2.32 bits per heavy atom. The van der Waals surface area contributed by atoms with Crippen LogP contribution in [0.15, 0.2) is 22.0 Å². The summed E-state index contributed by atoms with van der Waals surface area (Å²) in [6.07, 6.45) is 0.908. The van der Waals surface area contributed by atoms with Gasteiger partial charge in [-0.05, 0) is 45.4 Å². The number of fused-ring (bicyclic) bond motifs is 1. The van der Waals surface area contributed by atoms with E-state index < -0.39 is 0 Å². The van der Waals surface area contributed by atoms with E-state index in [-0.39, 0.29) is 17.2 Å². The molecule has 5 nitrogen and oxygen atoms in total. The minimum absolute atomic E-state index is 0.0101. The van der Waals surface area contributed by atoms with E-state index in [2.05, 4.69) is 42.7 Å². The van der Waals surface area contributed by atoms with Crippen LogP contribution in [0.4, 0.5) is 5.82 Å². The molecule has 0 saturated carbocycles. The van der Waals surface area contributed by atoms with Gasteiger partial charge in [-0.3, -0.25) is 0 Å². The third kappa shape index (κ3) is 3.56. The number of thiophene rings is 2. The molecular weight excluding hydrogens is 444 g/mol. The summed E-state index contributed by atoms with van der Waals surface area (Å²) in [5.41, 5.74) is 7.12. The molecule has 0 spiro atoms. The van der Waals surface area contributed by atoms with Gasteiger partial charge < -0.3 is 15.8 Å². The summed E-state index contributed by atoms with van der Waals surface area (Å²) in [6, 6.07) is 4.12. The summed E-state index contributed by atoms with van der Waals surface area (Å²) in [5, 5.41) is 5.69. The van der Waals surface area contributed by atoms with Crippen molar-refractivity contribution >= 4 is 66.2 Å². The zero-order valence-electron chi connectivity index (χ0n) is 13.2. The number of hydrogen-bond acceptors (Lipinski definition) is 7. The standard InChI is InChI=1S/C16H16BrClN4OS2/c17-11-12-14(25-13(11)9-3-4-23-7-10(9)19)15(22-16(18)21-12)20-6-8-2-1-5-24-8/h1-2,5,9-10H,3-4,6-7,19H2,(H,20,21,22)/t9-,10-/m1/s1. The fourth-order valence-corrected chi connectivity index (χ4v) is 6.05. The second-order valence-corrected chi connectivity index (χ2v) is 9.08. The molecule has 0 aliphatic carbocycles. The van der Waals surface area contributed by atoms with Crippen LogP contribution in [-0.2, 0) is 11.3 Å². The predicted octanol–water partition coefficient (Wildman–Crippen LogP) is 4.61. The molecule has 3 aromatic rings. The molecule has 0 bridgehead atoms. The van der Waals surface area contributed by atoms with E-state index in [1.807, 2.05) is 6.07 Å². The molecule has 1 aliphatic heterocycles. The Kier molecular flexibility index (Phi) is 5.26. The van der Waals surface area contributed by atoms with Crippen LogP contribution in [0.2, 0.25) is 5.28 Å². The number of hydrogen-bond donors (Lipinski definition) is 2. The van der Waals surface area contributed by atoms with Crippen LogP contribution >= 0.6 is 50.2 Å². The van der Waals surface area contributed by atoms with Gasteiger partial charge >= 0.3 is 0 Å². The third-order valence-corrected chi connectivity index (χ3v) is 7.65. The lowest BCUT2D eigenvalue weighted by atomic mass is 9.94. The highest BCUT2D eigenvalue weighted by atomic mass is 79.9. The first-order valence-electron chi connectivity index (χ1n) is 7.88. The van der Waals surface area contributed by atoms with E-state index in [9.17, 15) is 0 Å². The molecule has 132 valence electrons. The van der Waals surface area contributed by atoms with Crippen molar-refractivity contribution in [3.8, 4) is 0 Å². The fraction of sp³-hybridized carbons (Fsp3) is 0.375. The molecule has 0 unspecified atom stereocenters. The SMILES string of the molecule is N[C@@H]1COCC[C@H]1c1sc2c(NCc3cccs3)nc(Cl)nc2c1Br. The molecule has 4 rings (SSSR count). The average Bonchev–Trinajstić information content (AvgIpc) is 3.22. The molecule has 25 heavy (non-hydrogen) atoms. The molecule has 1 fully saturated rings. The minimum Gasteiger partial charge on any atom is -0.380 e. The quantitative estimate of drug-likeness (QED) is 0.557. The van der Waals surface area contributed by atoms with Gasteiger partial charge in [0, 0.05) is 28.3 Å². The van der Waals surface area contributed by atoms with Crippen LogP contribution in [0.25, 0.3) is 10.2 Å². The van der Waals surface area contributed by atoms with Crippen molar-refractivity contribution in [1.82, 2.24) is 9.97 Å². The second-order valence-electron chi connectivity index (χ2n) is 5.87. The van der Waals surface area contributed by atoms with Crippen molar-refractivity contribution in [3.63, 3.8) is 0 Å². The van der Waals surface area contributed by atoms with Crippen LogP contribution in [0.5, 0.6) is 0 Å².